The van der Waals surface area contributed by atoms with Crippen molar-refractivity contribution in [2.45, 2.75) is 38.6 Å². The number of fused-ring (bicyclic) bond motifs is 3. The first kappa shape index (κ1) is 9.97. The van der Waals surface area contributed by atoms with Crippen LogP contribution < -0.4 is 5.73 Å². The maximum Gasteiger partial charge on any atom is 0.310 e. The number of hydrogen-bond donors (Lipinski definition) is 1. The van der Waals surface area contributed by atoms with Gasteiger partial charge in [0.25, 0.3) is 0 Å². The van der Waals surface area contributed by atoms with E-state index in [9.17, 15) is 4.79 Å². The van der Waals surface area contributed by atoms with Gasteiger partial charge < -0.3 is 10.5 Å². The average molecular weight is 197 g/mol. The van der Waals surface area contributed by atoms with E-state index in [2.05, 4.69) is 0 Å². The summed E-state index contributed by atoms with van der Waals surface area (Å²) >= 11 is 0. The van der Waals surface area contributed by atoms with Gasteiger partial charge in [0.2, 0.25) is 0 Å². The summed E-state index contributed by atoms with van der Waals surface area (Å²) < 4.78 is 5.09. The highest BCUT2D eigenvalue weighted by Gasteiger charge is 2.45. The molecular weight excluding hydrogens is 178 g/mol. The molecule has 0 aromatic carbocycles. The second kappa shape index (κ2) is 3.89. The summed E-state index contributed by atoms with van der Waals surface area (Å²) in [7, 11) is 0. The van der Waals surface area contributed by atoms with Gasteiger partial charge in [0.1, 0.15) is 0 Å². The monoisotopic (exact) mass is 197 g/mol. The van der Waals surface area contributed by atoms with E-state index in [1.165, 1.54) is 25.7 Å². The van der Waals surface area contributed by atoms with Crippen molar-refractivity contribution in [2.75, 3.05) is 6.61 Å². The lowest BCUT2D eigenvalue weighted by Crippen LogP contribution is -2.52. The van der Waals surface area contributed by atoms with Crippen molar-refractivity contribution in [3.63, 3.8) is 0 Å². The summed E-state index contributed by atoms with van der Waals surface area (Å²) in [5, 5.41) is 0. The van der Waals surface area contributed by atoms with Gasteiger partial charge in [-0.05, 0) is 44.4 Å². The molecule has 0 saturated heterocycles. The smallest absolute Gasteiger partial charge is 0.310 e. The van der Waals surface area contributed by atoms with Crippen LogP contribution in [0.4, 0.5) is 0 Å². The molecule has 3 heteroatoms. The molecule has 3 aliphatic rings. The second-order valence-corrected chi connectivity index (χ2v) is 4.53. The molecule has 2 N–H and O–H groups in total. The molecule has 3 rings (SSSR count). The Morgan fingerprint density at radius 2 is 1.86 bits per heavy atom. The molecule has 3 fully saturated rings. The van der Waals surface area contributed by atoms with Gasteiger partial charge in [-0.1, -0.05) is 0 Å². The number of hydrogen-bond acceptors (Lipinski definition) is 3. The summed E-state index contributed by atoms with van der Waals surface area (Å²) in [6.45, 7) is 2.32. The van der Waals surface area contributed by atoms with Crippen molar-refractivity contribution in [1.82, 2.24) is 0 Å². The number of carbonyl (C=O) groups is 1. The molecule has 0 heterocycles. The molecule has 0 spiro atoms. The highest BCUT2D eigenvalue weighted by atomic mass is 16.5. The standard InChI is InChI=1S/C11H19NO2/c1-2-14-11(13)9-7-3-5-8(6-4-7)10(9)12/h7-10H,2-6,12H2,1H3/t7?,8?,9-,10-/m1/s1. The van der Waals surface area contributed by atoms with Crippen LogP contribution in [-0.4, -0.2) is 18.6 Å². The fourth-order valence-corrected chi connectivity index (χ4v) is 3.08. The van der Waals surface area contributed by atoms with Gasteiger partial charge in [0.15, 0.2) is 0 Å². The van der Waals surface area contributed by atoms with Crippen LogP contribution in [0.2, 0.25) is 0 Å². The van der Waals surface area contributed by atoms with Crippen molar-refractivity contribution < 1.29 is 9.53 Å². The van der Waals surface area contributed by atoms with Crippen LogP contribution in [0.25, 0.3) is 0 Å². The largest absolute Gasteiger partial charge is 0.466 e. The molecule has 14 heavy (non-hydrogen) atoms. The Morgan fingerprint density at radius 3 is 2.36 bits per heavy atom. The first-order valence-corrected chi connectivity index (χ1v) is 5.66. The van der Waals surface area contributed by atoms with Gasteiger partial charge in [0, 0.05) is 6.04 Å². The molecule has 0 aromatic heterocycles. The molecule has 80 valence electrons. The quantitative estimate of drug-likeness (QED) is 0.679. The van der Waals surface area contributed by atoms with E-state index in [1.54, 1.807) is 0 Å². The molecule has 0 radical (unpaired) electrons. The van der Waals surface area contributed by atoms with Crippen LogP contribution in [0.1, 0.15) is 32.6 Å². The predicted octanol–water partition coefficient (Wildman–Crippen LogP) is 1.31. The van der Waals surface area contributed by atoms with Crippen LogP contribution >= 0.6 is 0 Å². The van der Waals surface area contributed by atoms with Crippen LogP contribution in [0.5, 0.6) is 0 Å². The Bertz CT molecular complexity index is 219. The number of nitrogens with two attached hydrogens (primary N) is 1. The molecule has 3 saturated carbocycles. The molecule has 0 aromatic rings. The Labute approximate surface area is 85.0 Å². The summed E-state index contributed by atoms with van der Waals surface area (Å²) in [6, 6.07) is 0.0570. The van der Waals surface area contributed by atoms with Crippen molar-refractivity contribution in [1.29, 1.82) is 0 Å². The summed E-state index contributed by atoms with van der Waals surface area (Å²) in [6.07, 6.45) is 4.76. The Balaban J connectivity index is 2.06. The topological polar surface area (TPSA) is 52.3 Å². The van der Waals surface area contributed by atoms with E-state index in [4.69, 9.17) is 10.5 Å². The number of carbonyl (C=O) groups excluding carboxylic acids is 1. The highest BCUT2D eigenvalue weighted by molar-refractivity contribution is 5.74. The molecule has 0 aliphatic heterocycles. The van der Waals surface area contributed by atoms with Gasteiger partial charge in [-0.2, -0.15) is 0 Å². The maximum absolute atomic E-state index is 11.7. The Kier molecular flexibility index (Phi) is 2.77. The molecule has 3 nitrogen and oxygen atoms in total. The predicted molar refractivity (Wildman–Crippen MR) is 53.5 cm³/mol. The van der Waals surface area contributed by atoms with E-state index in [-0.39, 0.29) is 17.9 Å². The second-order valence-electron chi connectivity index (χ2n) is 4.53. The third-order valence-corrected chi connectivity index (χ3v) is 3.84. The minimum absolute atomic E-state index is 0.0116. The SMILES string of the molecule is CCOC(=O)[C@@H]1C2CCC(CC2)[C@H]1N. The third-order valence-electron chi connectivity index (χ3n) is 3.84. The number of ether oxygens (including phenoxy) is 1. The molecule has 2 atom stereocenters. The van der Waals surface area contributed by atoms with Crippen molar-refractivity contribution >= 4 is 5.97 Å². The molecule has 3 aliphatic carbocycles. The summed E-state index contributed by atoms with van der Waals surface area (Å²) in [5.74, 6) is 0.986. The lowest BCUT2D eigenvalue weighted by Gasteiger charge is -2.45. The number of rotatable bonds is 2. The van der Waals surface area contributed by atoms with Crippen molar-refractivity contribution in [3.8, 4) is 0 Å². The van der Waals surface area contributed by atoms with Crippen LogP contribution in [0, 0.1) is 17.8 Å². The van der Waals surface area contributed by atoms with Gasteiger partial charge in [-0.25, -0.2) is 0 Å². The highest BCUT2D eigenvalue weighted by Crippen LogP contribution is 2.44. The van der Waals surface area contributed by atoms with E-state index < -0.39 is 0 Å². The first-order valence-electron chi connectivity index (χ1n) is 5.66. The van der Waals surface area contributed by atoms with Gasteiger partial charge >= 0.3 is 5.97 Å². The third kappa shape index (κ3) is 1.54. The zero-order chi connectivity index (χ0) is 10.1. The molecule has 0 unspecified atom stereocenters. The molecule has 0 amide bonds. The van der Waals surface area contributed by atoms with Crippen molar-refractivity contribution in [2.24, 2.45) is 23.5 Å². The minimum Gasteiger partial charge on any atom is -0.466 e. The Hall–Kier alpha value is -0.570. The maximum atomic E-state index is 11.7. The first-order chi connectivity index (χ1) is 6.74. The lowest BCUT2D eigenvalue weighted by molar-refractivity contribution is -0.155. The minimum atomic E-state index is -0.0607. The summed E-state index contributed by atoms with van der Waals surface area (Å²) in [5.41, 5.74) is 6.09. The van der Waals surface area contributed by atoms with E-state index >= 15 is 0 Å². The van der Waals surface area contributed by atoms with E-state index in [0.717, 1.165) is 0 Å². The van der Waals surface area contributed by atoms with Crippen molar-refractivity contribution in [3.05, 3.63) is 0 Å². The van der Waals surface area contributed by atoms with E-state index in [1.807, 2.05) is 6.92 Å². The average Bonchev–Trinajstić information content (AvgIpc) is 2.19. The number of esters is 1. The fourth-order valence-electron chi connectivity index (χ4n) is 3.08. The van der Waals surface area contributed by atoms with Crippen LogP contribution in [0.15, 0.2) is 0 Å². The lowest BCUT2D eigenvalue weighted by atomic mass is 9.62. The zero-order valence-corrected chi connectivity index (χ0v) is 8.74. The van der Waals surface area contributed by atoms with Gasteiger partial charge in [-0.3, -0.25) is 4.79 Å². The molecule has 2 bridgehead atoms. The normalized spacial score (nSPS) is 41.0. The van der Waals surface area contributed by atoms with E-state index in [0.29, 0.717) is 18.4 Å². The van der Waals surface area contributed by atoms with Gasteiger partial charge in [-0.15, -0.1) is 0 Å². The summed E-state index contributed by atoms with van der Waals surface area (Å²) in [4.78, 5) is 11.7. The zero-order valence-electron chi connectivity index (χ0n) is 8.74. The Morgan fingerprint density at radius 1 is 1.29 bits per heavy atom. The van der Waals surface area contributed by atoms with Crippen LogP contribution in [-0.2, 0) is 9.53 Å². The van der Waals surface area contributed by atoms with Crippen LogP contribution in [0.3, 0.4) is 0 Å². The molecular formula is C11H19NO2. The fraction of sp³-hybridized carbons (Fsp3) is 0.909. The van der Waals surface area contributed by atoms with Gasteiger partial charge in [0.05, 0.1) is 12.5 Å².